The van der Waals surface area contributed by atoms with Crippen LogP contribution in [0.1, 0.15) is 5.56 Å². The number of rotatable bonds is 4. The van der Waals surface area contributed by atoms with Crippen LogP contribution in [-0.2, 0) is 0 Å². The Morgan fingerprint density at radius 1 is 1.16 bits per heavy atom. The molecule has 0 amide bonds. The zero-order valence-electron chi connectivity index (χ0n) is 10.8. The monoisotopic (exact) mass is 296 g/mol. The topological polar surface area (TPSA) is 44.2 Å². The molecule has 0 saturated carbocycles. The van der Waals surface area contributed by atoms with Crippen LogP contribution in [0.2, 0.25) is 5.15 Å². The van der Waals surface area contributed by atoms with Gasteiger partial charge in [-0.15, -0.1) is 0 Å². The molecule has 6 heteroatoms. The van der Waals surface area contributed by atoms with Gasteiger partial charge in [0.1, 0.15) is 5.15 Å². The van der Waals surface area contributed by atoms with Crippen molar-refractivity contribution < 1.29 is 9.47 Å². The number of nitrogens with zero attached hydrogens (tertiary/aromatic N) is 2. The molecule has 2 rings (SSSR count). The third-order valence-electron chi connectivity index (χ3n) is 2.37. The van der Waals surface area contributed by atoms with Crippen LogP contribution in [0.5, 0.6) is 17.4 Å². The molecule has 0 aliphatic carbocycles. The molecular formula is C13H13ClN2O2S. The maximum Gasteiger partial charge on any atom is 0.224 e. The lowest BCUT2D eigenvalue weighted by molar-refractivity contribution is 0.372. The number of hydrogen-bond donors (Lipinski definition) is 0. The summed E-state index contributed by atoms with van der Waals surface area (Å²) in [6, 6.07) is 7.24. The van der Waals surface area contributed by atoms with Crippen molar-refractivity contribution in [3.05, 3.63) is 35.0 Å². The van der Waals surface area contributed by atoms with Crippen molar-refractivity contribution in [2.45, 2.75) is 12.1 Å². The first-order chi connectivity index (χ1) is 9.12. The van der Waals surface area contributed by atoms with Gasteiger partial charge in [0.25, 0.3) is 0 Å². The Labute approximate surface area is 121 Å². The molecule has 0 bridgehead atoms. The normalized spacial score (nSPS) is 10.3. The first-order valence-electron chi connectivity index (χ1n) is 5.53. The van der Waals surface area contributed by atoms with Gasteiger partial charge in [0, 0.05) is 6.07 Å². The molecule has 2 aromatic rings. The molecular weight excluding hydrogens is 284 g/mol. The van der Waals surface area contributed by atoms with Crippen LogP contribution >= 0.6 is 23.4 Å². The van der Waals surface area contributed by atoms with Gasteiger partial charge in [-0.25, -0.2) is 4.98 Å². The second kappa shape index (κ2) is 6.12. The number of hydrogen-bond acceptors (Lipinski definition) is 5. The van der Waals surface area contributed by atoms with E-state index in [9.17, 15) is 0 Å². The van der Waals surface area contributed by atoms with Gasteiger partial charge in [0.05, 0.1) is 7.11 Å². The molecule has 0 aliphatic rings. The molecule has 0 atom stereocenters. The summed E-state index contributed by atoms with van der Waals surface area (Å²) in [5.74, 6) is 1.64. The van der Waals surface area contributed by atoms with Crippen molar-refractivity contribution in [2.75, 3.05) is 13.4 Å². The fourth-order valence-electron chi connectivity index (χ4n) is 1.49. The first kappa shape index (κ1) is 14.0. The number of aryl methyl sites for hydroxylation is 1. The first-order valence-corrected chi connectivity index (χ1v) is 7.13. The zero-order valence-corrected chi connectivity index (χ0v) is 12.4. The highest BCUT2D eigenvalue weighted by Crippen LogP contribution is 2.32. The zero-order chi connectivity index (χ0) is 13.8. The number of benzene rings is 1. The summed E-state index contributed by atoms with van der Waals surface area (Å²) in [4.78, 5) is 8.29. The summed E-state index contributed by atoms with van der Waals surface area (Å²) in [6.45, 7) is 1.99. The summed E-state index contributed by atoms with van der Waals surface area (Å²) >= 11 is 7.32. The smallest absolute Gasteiger partial charge is 0.224 e. The van der Waals surface area contributed by atoms with Crippen LogP contribution < -0.4 is 9.47 Å². The quantitative estimate of drug-likeness (QED) is 0.485. The Balaban J connectivity index is 2.33. The minimum absolute atomic E-state index is 0.348. The van der Waals surface area contributed by atoms with Gasteiger partial charge in [-0.05, 0) is 30.9 Å². The molecule has 0 radical (unpaired) electrons. The van der Waals surface area contributed by atoms with E-state index >= 15 is 0 Å². The number of thioether (sulfide) groups is 1. The summed E-state index contributed by atoms with van der Waals surface area (Å²) < 4.78 is 11.0. The lowest BCUT2D eigenvalue weighted by Crippen LogP contribution is -1.95. The molecule has 0 fully saturated rings. The molecule has 4 nitrogen and oxygen atoms in total. The van der Waals surface area contributed by atoms with Gasteiger partial charge in [0.2, 0.25) is 5.88 Å². The SMILES string of the molecule is COc1cc(C)ccc1Oc1cc(Cl)nc(SC)n1. The predicted molar refractivity (Wildman–Crippen MR) is 76.6 cm³/mol. The number of methoxy groups -OCH3 is 1. The third kappa shape index (κ3) is 3.52. The Kier molecular flexibility index (Phi) is 4.50. The van der Waals surface area contributed by atoms with E-state index in [4.69, 9.17) is 21.1 Å². The Hall–Kier alpha value is -1.46. The van der Waals surface area contributed by atoms with Crippen molar-refractivity contribution in [2.24, 2.45) is 0 Å². The molecule has 1 heterocycles. The molecule has 0 saturated heterocycles. The lowest BCUT2D eigenvalue weighted by atomic mass is 10.2. The van der Waals surface area contributed by atoms with E-state index in [0.29, 0.717) is 27.7 Å². The van der Waals surface area contributed by atoms with Crippen LogP contribution in [0, 0.1) is 6.92 Å². The molecule has 0 spiro atoms. The summed E-state index contributed by atoms with van der Waals surface area (Å²) in [5, 5.41) is 0.911. The predicted octanol–water partition coefficient (Wildman–Crippen LogP) is 3.96. The van der Waals surface area contributed by atoms with E-state index in [1.807, 2.05) is 31.4 Å². The molecule has 0 aliphatic heterocycles. The van der Waals surface area contributed by atoms with Crippen molar-refractivity contribution in [1.29, 1.82) is 0 Å². The summed E-state index contributed by atoms with van der Waals surface area (Å²) in [7, 11) is 1.60. The van der Waals surface area contributed by atoms with Crippen LogP contribution in [0.25, 0.3) is 0 Å². The minimum Gasteiger partial charge on any atom is -0.493 e. The van der Waals surface area contributed by atoms with Gasteiger partial charge in [-0.3, -0.25) is 0 Å². The average molecular weight is 297 g/mol. The fourth-order valence-corrected chi connectivity index (χ4v) is 2.09. The molecule has 0 unspecified atom stereocenters. The standard InChI is InChI=1S/C13H13ClN2O2S/c1-8-4-5-9(10(6-8)17-2)18-12-7-11(14)15-13(16-12)19-3/h4-7H,1-3H3. The van der Waals surface area contributed by atoms with Crippen molar-refractivity contribution >= 4 is 23.4 Å². The summed E-state index contributed by atoms with van der Waals surface area (Å²) in [6.07, 6.45) is 1.88. The fraction of sp³-hybridized carbons (Fsp3) is 0.231. The van der Waals surface area contributed by atoms with Crippen LogP contribution in [-0.4, -0.2) is 23.3 Å². The highest BCUT2D eigenvalue weighted by molar-refractivity contribution is 7.98. The molecule has 19 heavy (non-hydrogen) atoms. The van der Waals surface area contributed by atoms with Gasteiger partial charge < -0.3 is 9.47 Å². The summed E-state index contributed by atoms with van der Waals surface area (Å²) in [5.41, 5.74) is 1.09. The highest BCUT2D eigenvalue weighted by Gasteiger charge is 2.09. The highest BCUT2D eigenvalue weighted by atomic mass is 35.5. The van der Waals surface area contributed by atoms with E-state index in [1.165, 1.54) is 11.8 Å². The molecule has 100 valence electrons. The van der Waals surface area contributed by atoms with Crippen molar-refractivity contribution in [1.82, 2.24) is 9.97 Å². The van der Waals surface area contributed by atoms with Crippen LogP contribution in [0.4, 0.5) is 0 Å². The number of ether oxygens (including phenoxy) is 2. The average Bonchev–Trinajstić information content (AvgIpc) is 2.40. The largest absolute Gasteiger partial charge is 0.493 e. The number of aromatic nitrogens is 2. The van der Waals surface area contributed by atoms with E-state index in [1.54, 1.807) is 13.2 Å². The second-order valence-electron chi connectivity index (χ2n) is 3.77. The number of halogens is 1. The van der Waals surface area contributed by atoms with E-state index in [2.05, 4.69) is 9.97 Å². The maximum atomic E-state index is 5.92. The van der Waals surface area contributed by atoms with Gasteiger partial charge in [0.15, 0.2) is 16.7 Å². The minimum atomic E-state index is 0.348. The van der Waals surface area contributed by atoms with Crippen LogP contribution in [0.3, 0.4) is 0 Å². The van der Waals surface area contributed by atoms with Gasteiger partial charge in [-0.1, -0.05) is 29.4 Å². The van der Waals surface area contributed by atoms with E-state index in [-0.39, 0.29) is 0 Å². The van der Waals surface area contributed by atoms with E-state index in [0.717, 1.165) is 5.56 Å². The Bertz CT molecular complexity index is 593. The third-order valence-corrected chi connectivity index (χ3v) is 3.11. The van der Waals surface area contributed by atoms with Crippen molar-refractivity contribution in [3.63, 3.8) is 0 Å². The molecule has 0 N–H and O–H groups in total. The molecule has 1 aromatic heterocycles. The Morgan fingerprint density at radius 3 is 2.63 bits per heavy atom. The Morgan fingerprint density at radius 2 is 1.95 bits per heavy atom. The second-order valence-corrected chi connectivity index (χ2v) is 4.93. The van der Waals surface area contributed by atoms with Gasteiger partial charge in [-0.2, -0.15) is 4.98 Å². The van der Waals surface area contributed by atoms with Crippen molar-refractivity contribution in [3.8, 4) is 17.4 Å². The van der Waals surface area contributed by atoms with Crippen LogP contribution in [0.15, 0.2) is 29.4 Å². The molecule has 1 aromatic carbocycles. The van der Waals surface area contributed by atoms with E-state index < -0.39 is 0 Å². The maximum absolute atomic E-state index is 5.92. The lowest BCUT2D eigenvalue weighted by Gasteiger charge is -2.10. The van der Waals surface area contributed by atoms with Gasteiger partial charge >= 0.3 is 0 Å².